The molecule has 1 rings (SSSR count). The van der Waals surface area contributed by atoms with Gasteiger partial charge in [-0.3, -0.25) is 4.79 Å². The van der Waals surface area contributed by atoms with Crippen LogP contribution >= 0.6 is 15.9 Å². The Balaban J connectivity index is 2.48. The first-order chi connectivity index (χ1) is 8.42. The first kappa shape index (κ1) is 15.2. The van der Waals surface area contributed by atoms with Crippen molar-refractivity contribution >= 4 is 31.7 Å². The Bertz CT molecular complexity index is 511. The molecule has 0 aromatic heterocycles. The third kappa shape index (κ3) is 5.18. The molecule has 0 unspecified atom stereocenters. The van der Waals surface area contributed by atoms with Crippen molar-refractivity contribution in [3.8, 4) is 0 Å². The minimum atomic E-state index is -3.26. The maximum absolute atomic E-state index is 11.9. The number of benzene rings is 1. The lowest BCUT2D eigenvalue weighted by atomic mass is 10.2. The molecule has 18 heavy (non-hydrogen) atoms. The van der Waals surface area contributed by atoms with Crippen molar-refractivity contribution in [2.45, 2.75) is 30.6 Å². The van der Waals surface area contributed by atoms with Crippen molar-refractivity contribution in [1.82, 2.24) is 0 Å². The van der Waals surface area contributed by atoms with Gasteiger partial charge in [0.1, 0.15) is 0 Å². The van der Waals surface area contributed by atoms with Crippen LogP contribution in [0.1, 0.15) is 25.7 Å². The molecule has 0 amide bonds. The molecule has 0 atom stereocenters. The highest BCUT2D eigenvalue weighted by molar-refractivity contribution is 9.10. The van der Waals surface area contributed by atoms with Crippen molar-refractivity contribution in [2.75, 3.05) is 5.75 Å². The maximum Gasteiger partial charge on any atom is 0.303 e. The number of carboxylic acid groups (broad SMARTS) is 1. The number of halogens is 1. The molecule has 0 fully saturated rings. The zero-order valence-corrected chi connectivity index (χ0v) is 12.2. The Hall–Kier alpha value is -0.880. The van der Waals surface area contributed by atoms with Gasteiger partial charge in [-0.25, -0.2) is 8.42 Å². The summed E-state index contributed by atoms with van der Waals surface area (Å²) in [6.07, 6.45) is 1.71. The average Bonchev–Trinajstić information content (AvgIpc) is 2.28. The SMILES string of the molecule is O=C(O)CCCCCS(=O)(=O)c1cccc(Br)c1. The number of aliphatic carboxylic acids is 1. The Kier molecular flexibility index (Phi) is 5.81. The van der Waals surface area contributed by atoms with Crippen molar-refractivity contribution in [3.05, 3.63) is 28.7 Å². The fourth-order valence-corrected chi connectivity index (χ4v) is 3.49. The van der Waals surface area contributed by atoms with Gasteiger partial charge >= 0.3 is 5.97 Å². The van der Waals surface area contributed by atoms with E-state index in [1.807, 2.05) is 0 Å². The number of carboxylic acids is 1. The summed E-state index contributed by atoms with van der Waals surface area (Å²) in [7, 11) is -3.26. The summed E-state index contributed by atoms with van der Waals surface area (Å²) in [5.74, 6) is -0.784. The van der Waals surface area contributed by atoms with Crippen LogP contribution in [0.3, 0.4) is 0 Å². The molecule has 0 saturated heterocycles. The van der Waals surface area contributed by atoms with Crippen LogP contribution in [-0.4, -0.2) is 25.2 Å². The summed E-state index contributed by atoms with van der Waals surface area (Å²) in [6, 6.07) is 6.59. The van der Waals surface area contributed by atoms with Crippen LogP contribution in [0.5, 0.6) is 0 Å². The lowest BCUT2D eigenvalue weighted by molar-refractivity contribution is -0.137. The minimum absolute atomic E-state index is 0.0586. The fraction of sp³-hybridized carbons (Fsp3) is 0.417. The third-order valence-electron chi connectivity index (χ3n) is 2.46. The van der Waals surface area contributed by atoms with Crippen molar-refractivity contribution in [1.29, 1.82) is 0 Å². The molecule has 0 aliphatic carbocycles. The van der Waals surface area contributed by atoms with Gasteiger partial charge in [0.2, 0.25) is 0 Å². The second-order valence-corrected chi connectivity index (χ2v) is 7.01. The van der Waals surface area contributed by atoms with Crippen LogP contribution in [0.2, 0.25) is 0 Å². The molecule has 0 aliphatic heterocycles. The summed E-state index contributed by atoms with van der Waals surface area (Å²) < 4.78 is 24.6. The highest BCUT2D eigenvalue weighted by atomic mass is 79.9. The quantitative estimate of drug-likeness (QED) is 0.778. The van der Waals surface area contributed by atoms with Gasteiger partial charge in [-0.15, -0.1) is 0 Å². The lowest BCUT2D eigenvalue weighted by Gasteiger charge is -2.04. The summed E-state index contributed by atoms with van der Waals surface area (Å²) in [5.41, 5.74) is 0. The first-order valence-corrected chi connectivity index (χ1v) is 8.06. The van der Waals surface area contributed by atoms with E-state index in [1.165, 1.54) is 0 Å². The molecule has 0 bridgehead atoms. The Morgan fingerprint density at radius 3 is 2.56 bits per heavy atom. The van der Waals surface area contributed by atoms with Crippen molar-refractivity contribution in [2.24, 2.45) is 0 Å². The van der Waals surface area contributed by atoms with E-state index in [0.29, 0.717) is 24.2 Å². The number of hydrogen-bond donors (Lipinski definition) is 1. The topological polar surface area (TPSA) is 71.4 Å². The molecule has 1 N–H and O–H groups in total. The van der Waals surface area contributed by atoms with Crippen LogP contribution in [0.15, 0.2) is 33.6 Å². The molecule has 4 nitrogen and oxygen atoms in total. The van der Waals surface area contributed by atoms with E-state index in [-0.39, 0.29) is 12.2 Å². The summed E-state index contributed by atoms with van der Waals surface area (Å²) >= 11 is 3.23. The van der Waals surface area contributed by atoms with Gasteiger partial charge in [-0.1, -0.05) is 28.4 Å². The molecule has 1 aromatic carbocycles. The largest absolute Gasteiger partial charge is 0.481 e. The first-order valence-electron chi connectivity index (χ1n) is 5.62. The van der Waals surface area contributed by atoms with E-state index >= 15 is 0 Å². The number of rotatable bonds is 7. The molecule has 0 saturated carbocycles. The van der Waals surface area contributed by atoms with Gasteiger partial charge in [-0.2, -0.15) is 0 Å². The molecule has 0 aliphatic rings. The smallest absolute Gasteiger partial charge is 0.303 e. The van der Waals surface area contributed by atoms with E-state index in [4.69, 9.17) is 5.11 Å². The molecular formula is C12H15BrO4S. The van der Waals surface area contributed by atoms with Gasteiger partial charge in [-0.05, 0) is 31.0 Å². The number of unbranched alkanes of at least 4 members (excludes halogenated alkanes) is 2. The number of sulfone groups is 1. The second-order valence-electron chi connectivity index (χ2n) is 3.98. The van der Waals surface area contributed by atoms with Crippen molar-refractivity contribution in [3.63, 3.8) is 0 Å². The Morgan fingerprint density at radius 2 is 1.94 bits per heavy atom. The zero-order chi connectivity index (χ0) is 13.6. The second kappa shape index (κ2) is 6.89. The average molecular weight is 335 g/mol. The molecule has 1 aromatic rings. The normalized spacial score (nSPS) is 11.4. The van der Waals surface area contributed by atoms with E-state index in [9.17, 15) is 13.2 Å². The zero-order valence-electron chi connectivity index (χ0n) is 9.80. The van der Waals surface area contributed by atoms with E-state index in [0.717, 1.165) is 4.47 Å². The van der Waals surface area contributed by atoms with Crippen LogP contribution in [0.4, 0.5) is 0 Å². The molecule has 0 radical (unpaired) electrons. The van der Waals surface area contributed by atoms with Gasteiger partial charge in [0.15, 0.2) is 9.84 Å². The predicted octanol–water partition coefficient (Wildman–Crippen LogP) is 2.87. The molecule has 0 spiro atoms. The Labute approximate surface area is 115 Å². The highest BCUT2D eigenvalue weighted by Gasteiger charge is 2.13. The van der Waals surface area contributed by atoms with Gasteiger partial charge in [0.25, 0.3) is 0 Å². The lowest BCUT2D eigenvalue weighted by Crippen LogP contribution is -2.07. The predicted molar refractivity (Wildman–Crippen MR) is 72.3 cm³/mol. The van der Waals surface area contributed by atoms with Gasteiger partial charge in [0, 0.05) is 10.9 Å². The molecule has 0 heterocycles. The molecular weight excluding hydrogens is 320 g/mol. The van der Waals surface area contributed by atoms with Crippen molar-refractivity contribution < 1.29 is 18.3 Å². The number of hydrogen-bond acceptors (Lipinski definition) is 3. The molecule has 6 heteroatoms. The molecule has 100 valence electrons. The summed E-state index contributed by atoms with van der Waals surface area (Å²) in [5, 5.41) is 8.46. The Morgan fingerprint density at radius 1 is 1.22 bits per heavy atom. The third-order valence-corrected chi connectivity index (χ3v) is 4.75. The van der Waals surface area contributed by atoms with Gasteiger partial charge < -0.3 is 5.11 Å². The fourth-order valence-electron chi connectivity index (χ4n) is 1.52. The minimum Gasteiger partial charge on any atom is -0.481 e. The summed E-state index contributed by atoms with van der Waals surface area (Å²) in [4.78, 5) is 10.6. The van der Waals surface area contributed by atoms with E-state index in [2.05, 4.69) is 15.9 Å². The number of carbonyl (C=O) groups is 1. The van der Waals surface area contributed by atoms with Crippen LogP contribution < -0.4 is 0 Å². The van der Waals surface area contributed by atoms with Crippen LogP contribution in [0.25, 0.3) is 0 Å². The van der Waals surface area contributed by atoms with Crippen LogP contribution in [-0.2, 0) is 14.6 Å². The summed E-state index contributed by atoms with van der Waals surface area (Å²) in [6.45, 7) is 0. The maximum atomic E-state index is 11.9. The standard InChI is InChI=1S/C12H15BrO4S/c13-10-5-4-6-11(9-10)18(16,17)8-3-1-2-7-12(14)15/h4-6,9H,1-3,7-8H2,(H,14,15). The van der Waals surface area contributed by atoms with Gasteiger partial charge in [0.05, 0.1) is 10.6 Å². The van der Waals surface area contributed by atoms with E-state index < -0.39 is 15.8 Å². The van der Waals surface area contributed by atoms with Crippen LogP contribution in [0, 0.1) is 0 Å². The highest BCUT2D eigenvalue weighted by Crippen LogP contribution is 2.18. The monoisotopic (exact) mass is 334 g/mol. The van der Waals surface area contributed by atoms with E-state index in [1.54, 1.807) is 24.3 Å².